The van der Waals surface area contributed by atoms with Gasteiger partial charge in [-0.05, 0) is 37.1 Å². The van der Waals surface area contributed by atoms with E-state index in [-0.39, 0.29) is 12.5 Å². The molecule has 2 aromatic rings. The third kappa shape index (κ3) is 4.77. The quantitative estimate of drug-likeness (QED) is 0.679. The molecule has 1 aromatic carbocycles. The van der Waals surface area contributed by atoms with Gasteiger partial charge in [0.15, 0.2) is 11.5 Å². The van der Waals surface area contributed by atoms with Crippen LogP contribution in [-0.4, -0.2) is 78.7 Å². The number of para-hydroxylation sites is 2. The first kappa shape index (κ1) is 22.8. The van der Waals surface area contributed by atoms with E-state index in [1.54, 1.807) is 12.1 Å². The Kier molecular flexibility index (Phi) is 6.24. The van der Waals surface area contributed by atoms with Gasteiger partial charge in [-0.3, -0.25) is 9.69 Å². The molecule has 5 rings (SSSR count). The van der Waals surface area contributed by atoms with Gasteiger partial charge in [-0.1, -0.05) is 18.2 Å². The molecule has 3 aliphatic rings. The van der Waals surface area contributed by atoms with Gasteiger partial charge >= 0.3 is 6.18 Å². The summed E-state index contributed by atoms with van der Waals surface area (Å²) >= 11 is 0. The summed E-state index contributed by atoms with van der Waals surface area (Å²) in [6.45, 7) is 4.28. The monoisotopic (exact) mass is 476 g/mol. The van der Waals surface area contributed by atoms with E-state index in [1.165, 1.54) is 6.07 Å². The van der Waals surface area contributed by atoms with E-state index in [0.29, 0.717) is 49.5 Å². The molecule has 0 bridgehead atoms. The fourth-order valence-corrected chi connectivity index (χ4v) is 4.87. The molecule has 10 heteroatoms. The number of rotatable bonds is 3. The predicted octanol–water partition coefficient (Wildman–Crippen LogP) is 3.05. The highest BCUT2D eigenvalue weighted by atomic mass is 19.4. The van der Waals surface area contributed by atoms with E-state index in [1.807, 2.05) is 28.0 Å². The summed E-state index contributed by atoms with van der Waals surface area (Å²) in [7, 11) is 0. The summed E-state index contributed by atoms with van der Waals surface area (Å²) in [4.78, 5) is 22.9. The standard InChI is InChI=1S/C24H27F3N4O3/c25-24(26,27)21-6-3-7-22(28-21)30-14-12-29(13-15-30)17-8-10-31(11-9-17)23(32)20-16-33-18-4-1-2-5-19(18)34-20/h1-7,17,20H,8-16H2/t20-/m0/s1. The summed E-state index contributed by atoms with van der Waals surface area (Å²) in [5.41, 5.74) is -0.861. The molecule has 0 aliphatic carbocycles. The number of piperidine rings is 1. The number of pyridine rings is 1. The Morgan fingerprint density at radius 1 is 0.912 bits per heavy atom. The lowest BCUT2D eigenvalue weighted by Gasteiger charge is -2.43. The number of hydrogen-bond acceptors (Lipinski definition) is 6. The van der Waals surface area contributed by atoms with Crippen LogP contribution in [0.5, 0.6) is 11.5 Å². The zero-order valence-electron chi connectivity index (χ0n) is 18.7. The van der Waals surface area contributed by atoms with Crippen molar-refractivity contribution in [3.05, 3.63) is 48.2 Å². The Bertz CT molecular complexity index is 1020. The van der Waals surface area contributed by atoms with Crippen LogP contribution >= 0.6 is 0 Å². The van der Waals surface area contributed by atoms with Gasteiger partial charge in [0, 0.05) is 45.3 Å². The maximum atomic E-state index is 13.0. The van der Waals surface area contributed by atoms with E-state index in [9.17, 15) is 18.0 Å². The number of piperazine rings is 1. The van der Waals surface area contributed by atoms with Crippen LogP contribution in [0, 0.1) is 0 Å². The van der Waals surface area contributed by atoms with Crippen molar-refractivity contribution >= 4 is 11.7 Å². The van der Waals surface area contributed by atoms with E-state index < -0.39 is 18.0 Å². The van der Waals surface area contributed by atoms with Crippen LogP contribution in [0.1, 0.15) is 18.5 Å². The zero-order valence-corrected chi connectivity index (χ0v) is 18.7. The van der Waals surface area contributed by atoms with Crippen molar-refractivity contribution in [2.24, 2.45) is 0 Å². The average Bonchev–Trinajstić information content (AvgIpc) is 2.88. The summed E-state index contributed by atoms with van der Waals surface area (Å²) < 4.78 is 50.5. The van der Waals surface area contributed by atoms with E-state index in [2.05, 4.69) is 9.88 Å². The van der Waals surface area contributed by atoms with Gasteiger partial charge in [-0.25, -0.2) is 4.98 Å². The van der Waals surface area contributed by atoms with Crippen molar-refractivity contribution in [2.75, 3.05) is 50.8 Å². The lowest BCUT2D eigenvalue weighted by atomic mass is 10.0. The molecule has 7 nitrogen and oxygen atoms in total. The molecule has 0 spiro atoms. The first-order chi connectivity index (χ1) is 16.4. The van der Waals surface area contributed by atoms with Crippen molar-refractivity contribution in [3.8, 4) is 11.5 Å². The van der Waals surface area contributed by atoms with E-state index in [0.717, 1.165) is 32.0 Å². The number of hydrogen-bond donors (Lipinski definition) is 0. The molecule has 2 fully saturated rings. The van der Waals surface area contributed by atoms with Crippen LogP contribution in [0.3, 0.4) is 0 Å². The Morgan fingerprint density at radius 3 is 2.32 bits per heavy atom. The first-order valence-electron chi connectivity index (χ1n) is 11.6. The number of fused-ring (bicyclic) bond motifs is 1. The Balaban J connectivity index is 1.11. The molecule has 0 saturated carbocycles. The molecular weight excluding hydrogens is 449 g/mol. The molecule has 1 atom stereocenters. The van der Waals surface area contributed by atoms with Crippen molar-refractivity contribution in [3.63, 3.8) is 0 Å². The normalized spacial score (nSPS) is 22.0. The highest BCUT2D eigenvalue weighted by Crippen LogP contribution is 2.32. The van der Waals surface area contributed by atoms with Gasteiger partial charge in [0.2, 0.25) is 6.10 Å². The Hall–Kier alpha value is -3.01. The van der Waals surface area contributed by atoms with Gasteiger partial charge in [-0.2, -0.15) is 13.2 Å². The van der Waals surface area contributed by atoms with E-state index in [4.69, 9.17) is 9.47 Å². The number of carbonyl (C=O) groups excluding carboxylic acids is 1. The number of alkyl halides is 3. The third-order valence-corrected chi connectivity index (χ3v) is 6.74. The molecule has 1 amide bonds. The number of aromatic nitrogens is 1. The Labute approximate surface area is 196 Å². The van der Waals surface area contributed by atoms with Crippen molar-refractivity contribution in [1.82, 2.24) is 14.8 Å². The van der Waals surface area contributed by atoms with E-state index >= 15 is 0 Å². The number of anilines is 1. The minimum atomic E-state index is -4.44. The smallest absolute Gasteiger partial charge is 0.433 e. The minimum absolute atomic E-state index is 0.0478. The zero-order chi connectivity index (χ0) is 23.7. The lowest BCUT2D eigenvalue weighted by Crippen LogP contribution is -2.55. The second kappa shape index (κ2) is 9.32. The van der Waals surface area contributed by atoms with Gasteiger partial charge in [0.1, 0.15) is 18.1 Å². The number of ether oxygens (including phenoxy) is 2. The number of halogens is 3. The highest BCUT2D eigenvalue weighted by molar-refractivity contribution is 5.82. The fourth-order valence-electron chi connectivity index (χ4n) is 4.87. The van der Waals surface area contributed by atoms with Crippen molar-refractivity contribution in [1.29, 1.82) is 0 Å². The maximum Gasteiger partial charge on any atom is 0.433 e. The molecule has 0 N–H and O–H groups in total. The summed E-state index contributed by atoms with van der Waals surface area (Å²) in [5, 5.41) is 0. The van der Waals surface area contributed by atoms with Crippen molar-refractivity contribution < 1.29 is 27.4 Å². The van der Waals surface area contributed by atoms with Crippen LogP contribution in [0.2, 0.25) is 0 Å². The molecule has 182 valence electrons. The topological polar surface area (TPSA) is 58.1 Å². The number of carbonyl (C=O) groups is 1. The predicted molar refractivity (Wildman–Crippen MR) is 119 cm³/mol. The number of benzene rings is 1. The number of likely N-dealkylation sites (tertiary alicyclic amines) is 1. The minimum Gasteiger partial charge on any atom is -0.485 e. The van der Waals surface area contributed by atoms with Crippen LogP contribution in [0.15, 0.2) is 42.5 Å². The molecule has 2 saturated heterocycles. The molecule has 0 unspecified atom stereocenters. The number of amides is 1. The van der Waals surface area contributed by atoms with Crippen molar-refractivity contribution in [2.45, 2.75) is 31.2 Å². The van der Waals surface area contributed by atoms with Gasteiger partial charge in [0.25, 0.3) is 5.91 Å². The SMILES string of the molecule is O=C([C@@H]1COc2ccccc2O1)N1CCC(N2CCN(c3cccc(C(F)(F)F)n3)CC2)CC1. The molecule has 0 radical (unpaired) electrons. The summed E-state index contributed by atoms with van der Waals surface area (Å²) in [5.74, 6) is 1.57. The molecule has 34 heavy (non-hydrogen) atoms. The molecular formula is C24H27F3N4O3. The molecule has 1 aromatic heterocycles. The average molecular weight is 476 g/mol. The fraction of sp³-hybridized carbons (Fsp3) is 0.500. The third-order valence-electron chi connectivity index (χ3n) is 6.74. The summed E-state index contributed by atoms with van der Waals surface area (Å²) in [6, 6.07) is 11.7. The van der Waals surface area contributed by atoms with Gasteiger partial charge in [0.05, 0.1) is 0 Å². The highest BCUT2D eigenvalue weighted by Gasteiger charge is 2.36. The first-order valence-corrected chi connectivity index (χ1v) is 11.6. The molecule has 4 heterocycles. The van der Waals surface area contributed by atoms with Gasteiger partial charge in [-0.15, -0.1) is 0 Å². The van der Waals surface area contributed by atoms with Crippen LogP contribution < -0.4 is 14.4 Å². The second-order valence-corrected chi connectivity index (χ2v) is 8.82. The maximum absolute atomic E-state index is 13.0. The summed E-state index contributed by atoms with van der Waals surface area (Å²) in [6.07, 6.45) is -3.36. The number of nitrogens with zero attached hydrogens (tertiary/aromatic N) is 4. The van der Waals surface area contributed by atoms with Crippen LogP contribution in [-0.2, 0) is 11.0 Å². The van der Waals surface area contributed by atoms with Crippen LogP contribution in [0.4, 0.5) is 19.0 Å². The lowest BCUT2D eigenvalue weighted by molar-refractivity contribution is -0.143. The van der Waals surface area contributed by atoms with Crippen LogP contribution in [0.25, 0.3) is 0 Å². The molecule has 3 aliphatic heterocycles. The largest absolute Gasteiger partial charge is 0.485 e. The van der Waals surface area contributed by atoms with Gasteiger partial charge < -0.3 is 19.3 Å². The second-order valence-electron chi connectivity index (χ2n) is 8.82. The Morgan fingerprint density at radius 2 is 1.62 bits per heavy atom.